The molecule has 1 aliphatic heterocycles. The molecule has 0 aliphatic carbocycles. The van der Waals surface area contributed by atoms with E-state index in [0.717, 1.165) is 31.9 Å². The lowest BCUT2D eigenvalue weighted by Gasteiger charge is -2.33. The van der Waals surface area contributed by atoms with Gasteiger partial charge < -0.3 is 19.7 Å². The van der Waals surface area contributed by atoms with Gasteiger partial charge in [-0.05, 0) is 38.8 Å². The zero-order valence-corrected chi connectivity index (χ0v) is 18.4. The normalized spacial score (nSPS) is 16.3. The van der Waals surface area contributed by atoms with E-state index in [2.05, 4.69) is 15.2 Å². The zero-order valence-electron chi connectivity index (χ0n) is 16.1. The van der Waals surface area contributed by atoms with Crippen LogP contribution in [0.2, 0.25) is 0 Å². The van der Waals surface area contributed by atoms with E-state index in [0.29, 0.717) is 13.2 Å². The number of benzene rings is 1. The Labute approximate surface area is 177 Å². The Bertz CT molecular complexity index is 622. The van der Waals surface area contributed by atoms with Crippen LogP contribution in [0, 0.1) is 11.7 Å². The van der Waals surface area contributed by atoms with Crippen LogP contribution in [0.15, 0.2) is 29.3 Å². The molecule has 27 heavy (non-hydrogen) atoms. The SMILES string of the molecule is CCOC(=O)C1CCN(C(=NC)NCC(C)Oc2ccccc2F)CC1.I. The second kappa shape index (κ2) is 12.0. The van der Waals surface area contributed by atoms with Crippen molar-refractivity contribution in [3.05, 3.63) is 30.1 Å². The highest BCUT2D eigenvalue weighted by atomic mass is 127. The van der Waals surface area contributed by atoms with Crippen LogP contribution >= 0.6 is 24.0 Å². The predicted octanol–water partition coefficient (Wildman–Crippen LogP) is 3.06. The van der Waals surface area contributed by atoms with E-state index in [1.165, 1.54) is 6.07 Å². The predicted molar refractivity (Wildman–Crippen MR) is 114 cm³/mol. The van der Waals surface area contributed by atoms with Crippen molar-refractivity contribution in [3.8, 4) is 5.75 Å². The highest BCUT2D eigenvalue weighted by molar-refractivity contribution is 14.0. The van der Waals surface area contributed by atoms with Crippen molar-refractivity contribution in [1.29, 1.82) is 0 Å². The fourth-order valence-corrected chi connectivity index (χ4v) is 2.95. The first-order chi connectivity index (χ1) is 12.5. The minimum atomic E-state index is -0.371. The van der Waals surface area contributed by atoms with Crippen LogP contribution < -0.4 is 10.1 Å². The molecular formula is C19H29FIN3O3. The Balaban J connectivity index is 0.00000364. The maximum atomic E-state index is 13.6. The summed E-state index contributed by atoms with van der Waals surface area (Å²) in [5, 5.41) is 3.26. The smallest absolute Gasteiger partial charge is 0.309 e. The quantitative estimate of drug-likeness (QED) is 0.286. The lowest BCUT2D eigenvalue weighted by atomic mass is 9.97. The van der Waals surface area contributed by atoms with Crippen molar-refractivity contribution >= 4 is 35.9 Å². The molecule has 1 heterocycles. The Morgan fingerprint density at radius 3 is 2.63 bits per heavy atom. The lowest BCUT2D eigenvalue weighted by molar-refractivity contribution is -0.149. The van der Waals surface area contributed by atoms with E-state index in [9.17, 15) is 9.18 Å². The molecule has 6 nitrogen and oxygen atoms in total. The molecule has 2 rings (SSSR count). The summed E-state index contributed by atoms with van der Waals surface area (Å²) in [7, 11) is 1.72. The number of carbonyl (C=O) groups is 1. The molecule has 1 saturated heterocycles. The standard InChI is InChI=1S/C19H28FN3O3.HI/c1-4-25-18(24)15-9-11-23(12-10-15)19(21-3)22-13-14(2)26-17-8-6-5-7-16(17)20;/h5-8,14-15H,4,9-13H2,1-3H3,(H,21,22);1H. The van der Waals surface area contributed by atoms with Gasteiger partial charge in [-0.3, -0.25) is 9.79 Å². The molecule has 0 spiro atoms. The minimum Gasteiger partial charge on any atom is -0.486 e. The molecule has 0 aromatic heterocycles. The van der Waals surface area contributed by atoms with Gasteiger partial charge >= 0.3 is 5.97 Å². The third-order valence-electron chi connectivity index (χ3n) is 4.34. The first-order valence-electron chi connectivity index (χ1n) is 9.08. The third-order valence-corrected chi connectivity index (χ3v) is 4.34. The highest BCUT2D eigenvalue weighted by Gasteiger charge is 2.27. The molecule has 1 aliphatic rings. The number of guanidine groups is 1. The van der Waals surface area contributed by atoms with E-state index in [1.54, 1.807) is 25.2 Å². The van der Waals surface area contributed by atoms with Crippen molar-refractivity contribution in [2.24, 2.45) is 10.9 Å². The Morgan fingerprint density at radius 1 is 1.37 bits per heavy atom. The van der Waals surface area contributed by atoms with E-state index < -0.39 is 0 Å². The topological polar surface area (TPSA) is 63.2 Å². The molecule has 0 amide bonds. The van der Waals surface area contributed by atoms with Gasteiger partial charge in [0.2, 0.25) is 0 Å². The van der Waals surface area contributed by atoms with Gasteiger partial charge in [0.15, 0.2) is 17.5 Å². The van der Waals surface area contributed by atoms with Crippen LogP contribution in [0.5, 0.6) is 5.75 Å². The fraction of sp³-hybridized carbons (Fsp3) is 0.579. The molecular weight excluding hydrogens is 464 g/mol. The first kappa shape index (κ1) is 23.5. The van der Waals surface area contributed by atoms with Gasteiger partial charge in [-0.2, -0.15) is 0 Å². The summed E-state index contributed by atoms with van der Waals surface area (Å²) in [6.45, 7) is 6.10. The monoisotopic (exact) mass is 493 g/mol. The number of nitrogens with zero attached hydrogens (tertiary/aromatic N) is 2. The van der Waals surface area contributed by atoms with Crippen LogP contribution in [0.25, 0.3) is 0 Å². The zero-order chi connectivity index (χ0) is 18.9. The van der Waals surface area contributed by atoms with Gasteiger partial charge in [-0.15, -0.1) is 24.0 Å². The largest absolute Gasteiger partial charge is 0.486 e. The third kappa shape index (κ3) is 7.15. The summed E-state index contributed by atoms with van der Waals surface area (Å²) < 4.78 is 24.4. The van der Waals surface area contributed by atoms with E-state index in [-0.39, 0.29) is 53.5 Å². The molecule has 0 bridgehead atoms. The number of rotatable bonds is 6. The Hall–Kier alpha value is -1.58. The van der Waals surface area contributed by atoms with Gasteiger partial charge in [-0.25, -0.2) is 4.39 Å². The Morgan fingerprint density at radius 2 is 2.04 bits per heavy atom. The fourth-order valence-electron chi connectivity index (χ4n) is 2.95. The lowest BCUT2D eigenvalue weighted by Crippen LogP contribution is -2.48. The Kier molecular flexibility index (Phi) is 10.4. The summed E-state index contributed by atoms with van der Waals surface area (Å²) in [6, 6.07) is 6.36. The second-order valence-electron chi connectivity index (χ2n) is 6.30. The van der Waals surface area contributed by atoms with Crippen molar-refractivity contribution in [3.63, 3.8) is 0 Å². The molecule has 8 heteroatoms. The van der Waals surface area contributed by atoms with Crippen LogP contribution in [0.1, 0.15) is 26.7 Å². The number of carbonyl (C=O) groups excluding carboxylic acids is 1. The molecule has 1 fully saturated rings. The molecule has 1 unspecified atom stereocenters. The van der Waals surface area contributed by atoms with Gasteiger partial charge in [0.1, 0.15) is 6.10 Å². The summed E-state index contributed by atoms with van der Waals surface area (Å²) in [5.41, 5.74) is 0. The van der Waals surface area contributed by atoms with Crippen molar-refractivity contribution in [2.45, 2.75) is 32.8 Å². The number of nitrogens with one attached hydrogen (secondary N) is 1. The number of hydrogen-bond acceptors (Lipinski definition) is 4. The number of likely N-dealkylation sites (tertiary alicyclic amines) is 1. The number of hydrogen-bond donors (Lipinski definition) is 1. The average molecular weight is 493 g/mol. The number of aliphatic imine (C=N–C) groups is 1. The summed E-state index contributed by atoms with van der Waals surface area (Å²) in [5.74, 6) is 0.489. The minimum absolute atomic E-state index is 0. The average Bonchev–Trinajstić information content (AvgIpc) is 2.65. The van der Waals surface area contributed by atoms with Gasteiger partial charge in [0.25, 0.3) is 0 Å². The number of esters is 1. The van der Waals surface area contributed by atoms with Crippen molar-refractivity contribution < 1.29 is 18.7 Å². The number of para-hydroxylation sites is 1. The van der Waals surface area contributed by atoms with E-state index >= 15 is 0 Å². The molecule has 1 aromatic carbocycles. The van der Waals surface area contributed by atoms with E-state index in [4.69, 9.17) is 9.47 Å². The number of piperidine rings is 1. The summed E-state index contributed by atoms with van der Waals surface area (Å²) >= 11 is 0. The highest BCUT2D eigenvalue weighted by Crippen LogP contribution is 2.19. The molecule has 1 atom stereocenters. The molecule has 152 valence electrons. The van der Waals surface area contributed by atoms with Crippen LogP contribution in [0.4, 0.5) is 4.39 Å². The summed E-state index contributed by atoms with van der Waals surface area (Å²) in [6.07, 6.45) is 1.28. The van der Waals surface area contributed by atoms with E-state index in [1.807, 2.05) is 13.8 Å². The molecule has 1 aromatic rings. The first-order valence-corrected chi connectivity index (χ1v) is 9.08. The number of ether oxygens (including phenoxy) is 2. The van der Waals surface area contributed by atoms with Gasteiger partial charge in [0.05, 0.1) is 19.1 Å². The number of halogens is 2. The van der Waals surface area contributed by atoms with Crippen LogP contribution in [0.3, 0.4) is 0 Å². The molecule has 0 saturated carbocycles. The van der Waals surface area contributed by atoms with Gasteiger partial charge in [-0.1, -0.05) is 12.1 Å². The molecule has 1 N–H and O–H groups in total. The van der Waals surface area contributed by atoms with Crippen molar-refractivity contribution in [1.82, 2.24) is 10.2 Å². The van der Waals surface area contributed by atoms with Gasteiger partial charge in [0, 0.05) is 20.1 Å². The van der Waals surface area contributed by atoms with Crippen molar-refractivity contribution in [2.75, 3.05) is 33.3 Å². The summed E-state index contributed by atoms with van der Waals surface area (Å²) in [4.78, 5) is 18.2. The van der Waals surface area contributed by atoms with Crippen LogP contribution in [-0.2, 0) is 9.53 Å². The maximum Gasteiger partial charge on any atom is 0.309 e. The second-order valence-corrected chi connectivity index (χ2v) is 6.30. The maximum absolute atomic E-state index is 13.6. The molecule has 0 radical (unpaired) electrons. The van der Waals surface area contributed by atoms with Crippen LogP contribution in [-0.4, -0.2) is 56.2 Å².